The molecule has 0 saturated heterocycles. The van der Waals surface area contributed by atoms with Gasteiger partial charge in [-0.1, -0.05) is 46.3 Å². The van der Waals surface area contributed by atoms with Gasteiger partial charge in [-0.2, -0.15) is 0 Å². The highest BCUT2D eigenvalue weighted by atomic mass is 79.9. The summed E-state index contributed by atoms with van der Waals surface area (Å²) in [6.07, 6.45) is 0.357. The lowest BCUT2D eigenvalue weighted by molar-refractivity contribution is -0.115. The van der Waals surface area contributed by atoms with Crippen LogP contribution in [0.1, 0.15) is 5.56 Å². The normalized spacial score (nSPS) is 10.3. The molecule has 0 saturated carbocycles. The number of benzene rings is 2. The Bertz CT molecular complexity index is 576. The fourth-order valence-corrected chi connectivity index (χ4v) is 4.08. The Morgan fingerprint density at radius 2 is 1.58 bits per heavy atom. The van der Waals surface area contributed by atoms with Gasteiger partial charge in [0.1, 0.15) is 0 Å². The molecule has 0 heterocycles. The monoisotopic (exact) mass is 445 g/mol. The molecule has 0 radical (unpaired) electrons. The number of carbonyl (C=O) groups excluding carboxylic acids is 1. The van der Waals surface area contributed by atoms with Gasteiger partial charge in [-0.25, -0.2) is 0 Å². The van der Waals surface area contributed by atoms with Crippen LogP contribution in [0.5, 0.6) is 0 Å². The highest BCUT2D eigenvalue weighted by molar-refractivity contribution is 9.11. The molecule has 5 heteroatoms. The Morgan fingerprint density at radius 1 is 1.00 bits per heavy atom. The van der Waals surface area contributed by atoms with E-state index in [0.29, 0.717) is 6.42 Å². The molecule has 0 unspecified atom stereocenters. The number of rotatable bonds is 3. The maximum atomic E-state index is 12.0. The highest BCUT2D eigenvalue weighted by Gasteiger charge is 2.10. The van der Waals surface area contributed by atoms with Crippen molar-refractivity contribution in [3.63, 3.8) is 0 Å². The molecule has 0 aliphatic heterocycles. The summed E-state index contributed by atoms with van der Waals surface area (Å²) in [7, 11) is 0. The van der Waals surface area contributed by atoms with Crippen LogP contribution in [0.4, 0.5) is 5.69 Å². The van der Waals surface area contributed by atoms with E-state index in [-0.39, 0.29) is 5.91 Å². The van der Waals surface area contributed by atoms with Crippen molar-refractivity contribution in [2.45, 2.75) is 6.42 Å². The summed E-state index contributed by atoms with van der Waals surface area (Å²) in [5.41, 5.74) is 1.73. The Kier molecular flexibility index (Phi) is 5.19. The minimum Gasteiger partial charge on any atom is -0.324 e. The molecule has 2 aromatic carbocycles. The van der Waals surface area contributed by atoms with Gasteiger partial charge in [-0.3, -0.25) is 4.79 Å². The minimum atomic E-state index is -0.0464. The number of hydrogen-bond acceptors (Lipinski definition) is 1. The van der Waals surface area contributed by atoms with Gasteiger partial charge >= 0.3 is 0 Å². The Labute approximate surface area is 137 Å². The van der Waals surface area contributed by atoms with Crippen molar-refractivity contribution >= 4 is 59.4 Å². The van der Waals surface area contributed by atoms with Crippen LogP contribution in [0.3, 0.4) is 0 Å². The first-order chi connectivity index (χ1) is 9.06. The summed E-state index contributed by atoms with van der Waals surface area (Å²) in [5, 5.41) is 2.90. The van der Waals surface area contributed by atoms with Gasteiger partial charge in [-0.05, 0) is 49.6 Å². The van der Waals surface area contributed by atoms with Gasteiger partial charge < -0.3 is 5.32 Å². The van der Waals surface area contributed by atoms with Crippen molar-refractivity contribution in [3.05, 3.63) is 61.4 Å². The van der Waals surface area contributed by atoms with Crippen molar-refractivity contribution in [3.8, 4) is 0 Å². The second-order valence-corrected chi connectivity index (χ2v) is 6.58. The smallest absolute Gasteiger partial charge is 0.228 e. The Morgan fingerprint density at radius 3 is 2.16 bits per heavy atom. The molecule has 0 aromatic heterocycles. The lowest BCUT2D eigenvalue weighted by atomic mass is 10.1. The summed E-state index contributed by atoms with van der Waals surface area (Å²) in [5.74, 6) is -0.0464. The van der Waals surface area contributed by atoms with E-state index in [1.807, 2.05) is 42.5 Å². The van der Waals surface area contributed by atoms with E-state index in [4.69, 9.17) is 0 Å². The molecule has 1 N–H and O–H groups in total. The van der Waals surface area contributed by atoms with Crippen molar-refractivity contribution < 1.29 is 4.79 Å². The second kappa shape index (κ2) is 6.68. The number of anilines is 1. The first-order valence-electron chi connectivity index (χ1n) is 5.54. The van der Waals surface area contributed by atoms with Crippen LogP contribution in [-0.4, -0.2) is 5.91 Å². The topological polar surface area (TPSA) is 29.1 Å². The molecule has 0 bridgehead atoms. The fourth-order valence-electron chi connectivity index (χ4n) is 1.63. The second-order valence-electron chi connectivity index (χ2n) is 3.95. The molecular weight excluding hydrogens is 438 g/mol. The van der Waals surface area contributed by atoms with Crippen LogP contribution < -0.4 is 5.32 Å². The van der Waals surface area contributed by atoms with E-state index in [2.05, 4.69) is 53.1 Å². The molecule has 0 atom stereocenters. The average Bonchev–Trinajstić information content (AvgIpc) is 2.35. The first-order valence-corrected chi connectivity index (χ1v) is 7.92. The number of hydrogen-bond donors (Lipinski definition) is 1. The third-order valence-corrected chi connectivity index (χ3v) is 4.19. The maximum absolute atomic E-state index is 12.0. The van der Waals surface area contributed by atoms with E-state index in [1.54, 1.807) is 0 Å². The lowest BCUT2D eigenvalue weighted by Crippen LogP contribution is -2.15. The number of amides is 1. The highest BCUT2D eigenvalue weighted by Crippen LogP contribution is 2.34. The van der Waals surface area contributed by atoms with Gasteiger partial charge in [0.2, 0.25) is 5.91 Å². The van der Waals surface area contributed by atoms with Gasteiger partial charge in [-0.15, -0.1) is 0 Å². The lowest BCUT2D eigenvalue weighted by Gasteiger charge is -2.10. The average molecular weight is 448 g/mol. The minimum absolute atomic E-state index is 0.0464. The molecule has 2 nitrogen and oxygen atoms in total. The SMILES string of the molecule is O=C(Cc1ccccc1)Nc1c(Br)cc(Br)cc1Br. The maximum Gasteiger partial charge on any atom is 0.228 e. The summed E-state index contributed by atoms with van der Waals surface area (Å²) in [6.45, 7) is 0. The first kappa shape index (κ1) is 14.8. The molecule has 0 aliphatic carbocycles. The van der Waals surface area contributed by atoms with Crippen molar-refractivity contribution in [1.82, 2.24) is 0 Å². The van der Waals surface area contributed by atoms with Crippen LogP contribution >= 0.6 is 47.8 Å². The molecule has 0 fully saturated rings. The summed E-state index contributed by atoms with van der Waals surface area (Å²) < 4.78 is 2.60. The molecule has 1 amide bonds. The molecule has 0 aliphatic rings. The largest absolute Gasteiger partial charge is 0.324 e. The Hall–Kier alpha value is -0.650. The van der Waals surface area contributed by atoms with Crippen molar-refractivity contribution in [1.29, 1.82) is 0 Å². The van der Waals surface area contributed by atoms with Gasteiger partial charge in [0.25, 0.3) is 0 Å². The fraction of sp³-hybridized carbons (Fsp3) is 0.0714. The molecular formula is C14H10Br3NO. The van der Waals surface area contributed by atoms with Gasteiger partial charge in [0, 0.05) is 13.4 Å². The van der Waals surface area contributed by atoms with Gasteiger partial charge in [0.15, 0.2) is 0 Å². The molecule has 0 spiro atoms. The number of halogens is 3. The summed E-state index contributed by atoms with van der Waals surface area (Å²) >= 11 is 10.3. The van der Waals surface area contributed by atoms with Crippen LogP contribution in [0.25, 0.3) is 0 Å². The zero-order chi connectivity index (χ0) is 13.8. The van der Waals surface area contributed by atoms with E-state index < -0.39 is 0 Å². The quantitative estimate of drug-likeness (QED) is 0.692. The van der Waals surface area contributed by atoms with Crippen LogP contribution in [0.15, 0.2) is 55.9 Å². The number of carbonyl (C=O) groups is 1. The van der Waals surface area contributed by atoms with Crippen molar-refractivity contribution in [2.24, 2.45) is 0 Å². The summed E-state index contributed by atoms with van der Waals surface area (Å²) in [6, 6.07) is 13.4. The van der Waals surface area contributed by atoms with E-state index >= 15 is 0 Å². The third-order valence-electron chi connectivity index (χ3n) is 2.48. The predicted molar refractivity (Wildman–Crippen MR) is 88.3 cm³/mol. The summed E-state index contributed by atoms with van der Waals surface area (Å²) in [4.78, 5) is 12.0. The molecule has 2 aromatic rings. The van der Waals surface area contributed by atoms with E-state index in [1.165, 1.54) is 0 Å². The molecule has 2 rings (SSSR count). The van der Waals surface area contributed by atoms with Crippen molar-refractivity contribution in [2.75, 3.05) is 5.32 Å². The van der Waals surface area contributed by atoms with E-state index in [9.17, 15) is 4.79 Å². The number of nitrogens with one attached hydrogen (secondary N) is 1. The third kappa shape index (κ3) is 4.16. The van der Waals surface area contributed by atoms with Crippen LogP contribution in [-0.2, 0) is 11.2 Å². The molecule has 19 heavy (non-hydrogen) atoms. The zero-order valence-electron chi connectivity index (χ0n) is 9.79. The van der Waals surface area contributed by atoms with Gasteiger partial charge in [0.05, 0.1) is 12.1 Å². The predicted octanol–water partition coefficient (Wildman–Crippen LogP) is 5.16. The standard InChI is InChI=1S/C14H10Br3NO/c15-10-7-11(16)14(12(17)8-10)18-13(19)6-9-4-2-1-3-5-9/h1-5,7-8H,6H2,(H,18,19). The Balaban J connectivity index is 2.12. The zero-order valence-corrected chi connectivity index (χ0v) is 14.5. The van der Waals surface area contributed by atoms with Crippen LogP contribution in [0.2, 0.25) is 0 Å². The molecule has 98 valence electrons. The van der Waals surface area contributed by atoms with E-state index in [0.717, 1.165) is 24.7 Å². The van der Waals surface area contributed by atoms with Crippen LogP contribution in [0, 0.1) is 0 Å².